The van der Waals surface area contributed by atoms with Crippen LogP contribution in [0.15, 0.2) is 0 Å². The van der Waals surface area contributed by atoms with Gasteiger partial charge in [-0.15, -0.1) is 0 Å². The molecule has 2 saturated heterocycles. The second kappa shape index (κ2) is 5.97. The molecule has 2 fully saturated rings. The van der Waals surface area contributed by atoms with Crippen LogP contribution < -0.4 is 10.6 Å². The molecule has 0 aromatic carbocycles. The maximum atomic E-state index is 12.0. The van der Waals surface area contributed by atoms with Crippen molar-refractivity contribution in [3.63, 3.8) is 0 Å². The molecular weight excluding hydrogens is 236 g/mol. The van der Waals surface area contributed by atoms with Gasteiger partial charge in [-0.3, -0.25) is 4.79 Å². The molecule has 2 rings (SSSR count). The quantitative estimate of drug-likeness (QED) is 0.681. The van der Waals surface area contributed by atoms with E-state index >= 15 is 0 Å². The number of amides is 1. The molecule has 3 unspecified atom stereocenters. The van der Waals surface area contributed by atoms with Crippen molar-refractivity contribution in [3.8, 4) is 0 Å². The molecule has 0 radical (unpaired) electrons. The van der Waals surface area contributed by atoms with Crippen LogP contribution in [0.4, 0.5) is 0 Å². The number of carbonyl (C=O) groups is 1. The summed E-state index contributed by atoms with van der Waals surface area (Å²) in [5, 5.41) is 6.10. The highest BCUT2D eigenvalue weighted by molar-refractivity contribution is 5.82. The largest absolute Gasteiger partial charge is 0.380 e. The first-order valence-corrected chi connectivity index (χ1v) is 6.36. The van der Waals surface area contributed by atoms with E-state index in [4.69, 9.17) is 14.2 Å². The Bertz CT molecular complexity index is 292. The number of nitrogens with one attached hydrogen (secondary N) is 2. The van der Waals surface area contributed by atoms with Crippen LogP contribution in [0.5, 0.6) is 0 Å². The minimum absolute atomic E-state index is 0.0119. The molecule has 2 heterocycles. The van der Waals surface area contributed by atoms with Gasteiger partial charge in [0.25, 0.3) is 0 Å². The second-order valence-electron chi connectivity index (χ2n) is 4.96. The van der Waals surface area contributed by atoms with Gasteiger partial charge in [0.1, 0.15) is 5.60 Å². The average molecular weight is 258 g/mol. The van der Waals surface area contributed by atoms with Crippen molar-refractivity contribution < 1.29 is 19.0 Å². The lowest BCUT2D eigenvalue weighted by atomic mass is 10.0. The van der Waals surface area contributed by atoms with Gasteiger partial charge in [-0.1, -0.05) is 0 Å². The summed E-state index contributed by atoms with van der Waals surface area (Å²) in [5.74, 6) is 0.0119. The van der Waals surface area contributed by atoms with E-state index in [1.165, 1.54) is 0 Å². The van der Waals surface area contributed by atoms with Gasteiger partial charge in [0.05, 0.1) is 18.8 Å². The first kappa shape index (κ1) is 13.7. The van der Waals surface area contributed by atoms with E-state index in [1.807, 2.05) is 0 Å². The zero-order chi connectivity index (χ0) is 13.0. The van der Waals surface area contributed by atoms with Crippen molar-refractivity contribution in [1.82, 2.24) is 10.6 Å². The molecule has 6 heteroatoms. The molecule has 0 bridgehead atoms. The van der Waals surface area contributed by atoms with E-state index in [0.717, 1.165) is 19.4 Å². The molecule has 18 heavy (non-hydrogen) atoms. The zero-order valence-corrected chi connectivity index (χ0v) is 11.0. The summed E-state index contributed by atoms with van der Waals surface area (Å²) < 4.78 is 16.0. The molecule has 0 aromatic heterocycles. The first-order chi connectivity index (χ1) is 8.69. The number of ether oxygens (including phenoxy) is 3. The van der Waals surface area contributed by atoms with Crippen LogP contribution in [-0.2, 0) is 19.0 Å². The van der Waals surface area contributed by atoms with Crippen LogP contribution in [0, 0.1) is 0 Å². The van der Waals surface area contributed by atoms with E-state index in [1.54, 1.807) is 14.2 Å². The highest BCUT2D eigenvalue weighted by Gasteiger charge is 2.36. The van der Waals surface area contributed by atoms with Gasteiger partial charge >= 0.3 is 0 Å². The minimum atomic E-state index is -0.352. The van der Waals surface area contributed by atoms with E-state index < -0.39 is 0 Å². The molecule has 2 aliphatic heterocycles. The number of methoxy groups -OCH3 is 2. The van der Waals surface area contributed by atoms with Crippen molar-refractivity contribution in [3.05, 3.63) is 0 Å². The van der Waals surface area contributed by atoms with Crippen LogP contribution in [0.1, 0.15) is 12.8 Å². The second-order valence-corrected chi connectivity index (χ2v) is 4.96. The van der Waals surface area contributed by atoms with E-state index in [-0.39, 0.29) is 23.7 Å². The molecule has 0 spiro atoms. The molecule has 0 aliphatic carbocycles. The van der Waals surface area contributed by atoms with Crippen molar-refractivity contribution >= 4 is 5.91 Å². The molecule has 6 nitrogen and oxygen atoms in total. The fraction of sp³-hybridized carbons (Fsp3) is 0.917. The third-order valence-electron chi connectivity index (χ3n) is 3.83. The Hall–Kier alpha value is -0.690. The van der Waals surface area contributed by atoms with Crippen LogP contribution >= 0.6 is 0 Å². The molecule has 3 atom stereocenters. The first-order valence-electron chi connectivity index (χ1n) is 6.36. The molecule has 2 aliphatic rings. The summed E-state index contributed by atoms with van der Waals surface area (Å²) >= 11 is 0. The summed E-state index contributed by atoms with van der Waals surface area (Å²) in [4.78, 5) is 12.0. The lowest BCUT2D eigenvalue weighted by molar-refractivity contribution is -0.124. The van der Waals surface area contributed by atoms with Gasteiger partial charge in [0, 0.05) is 40.3 Å². The summed E-state index contributed by atoms with van der Waals surface area (Å²) in [5.41, 5.74) is -0.352. The summed E-state index contributed by atoms with van der Waals surface area (Å²) in [6.45, 7) is 2.46. The van der Waals surface area contributed by atoms with Crippen molar-refractivity contribution in [2.75, 3.05) is 40.5 Å². The monoisotopic (exact) mass is 258 g/mol. The third-order valence-corrected chi connectivity index (χ3v) is 3.83. The summed E-state index contributed by atoms with van der Waals surface area (Å²) in [7, 11) is 3.33. The van der Waals surface area contributed by atoms with E-state index in [9.17, 15) is 4.79 Å². The summed E-state index contributed by atoms with van der Waals surface area (Å²) in [6, 6.07) is -0.161. The number of rotatable bonds is 5. The molecule has 2 N–H and O–H groups in total. The normalized spacial score (nSPS) is 35.9. The molecule has 1 amide bonds. The number of carbonyl (C=O) groups excluding carboxylic acids is 1. The lowest BCUT2D eigenvalue weighted by Gasteiger charge is -2.26. The Morgan fingerprint density at radius 3 is 2.94 bits per heavy atom. The Kier molecular flexibility index (Phi) is 4.55. The zero-order valence-electron chi connectivity index (χ0n) is 11.0. The molecule has 0 saturated carbocycles. The predicted molar refractivity (Wildman–Crippen MR) is 65.4 cm³/mol. The van der Waals surface area contributed by atoms with E-state index in [0.29, 0.717) is 19.8 Å². The molecular formula is C12H22N2O4. The van der Waals surface area contributed by atoms with Gasteiger partial charge < -0.3 is 24.8 Å². The van der Waals surface area contributed by atoms with Crippen LogP contribution in [0.25, 0.3) is 0 Å². The fourth-order valence-electron chi connectivity index (χ4n) is 2.42. The fourth-order valence-corrected chi connectivity index (χ4v) is 2.42. The highest BCUT2D eigenvalue weighted by atomic mass is 16.5. The average Bonchev–Trinajstić information content (AvgIpc) is 3.05. The molecule has 104 valence electrons. The lowest BCUT2D eigenvalue weighted by Crippen LogP contribution is -2.49. The van der Waals surface area contributed by atoms with Crippen LogP contribution in [-0.4, -0.2) is 64.2 Å². The number of hydrogen-bond donors (Lipinski definition) is 2. The van der Waals surface area contributed by atoms with Gasteiger partial charge in [-0.05, 0) is 6.42 Å². The topological polar surface area (TPSA) is 68.8 Å². The third kappa shape index (κ3) is 3.00. The van der Waals surface area contributed by atoms with Crippen molar-refractivity contribution in [2.24, 2.45) is 0 Å². The summed E-state index contributed by atoms with van der Waals surface area (Å²) in [6.07, 6.45) is 1.67. The Morgan fingerprint density at radius 1 is 1.56 bits per heavy atom. The number of hydrogen-bond acceptors (Lipinski definition) is 5. The van der Waals surface area contributed by atoms with Crippen molar-refractivity contribution in [1.29, 1.82) is 0 Å². The maximum Gasteiger partial charge on any atom is 0.237 e. The van der Waals surface area contributed by atoms with E-state index in [2.05, 4.69) is 10.6 Å². The predicted octanol–water partition coefficient (Wildman–Crippen LogP) is -0.715. The SMILES string of the molecule is COC1CNC(C(=O)NCC2(OC)CCOC2)C1. The van der Waals surface area contributed by atoms with Gasteiger partial charge in [0.15, 0.2) is 0 Å². The van der Waals surface area contributed by atoms with Gasteiger partial charge in [-0.2, -0.15) is 0 Å². The van der Waals surface area contributed by atoms with Crippen molar-refractivity contribution in [2.45, 2.75) is 30.6 Å². The molecule has 0 aromatic rings. The standard InChI is InChI=1S/C12H22N2O4/c1-16-9-5-10(13-6-9)11(15)14-7-12(17-2)3-4-18-8-12/h9-10,13H,3-8H2,1-2H3,(H,14,15). The Morgan fingerprint density at radius 2 is 2.39 bits per heavy atom. The van der Waals surface area contributed by atoms with Crippen LogP contribution in [0.2, 0.25) is 0 Å². The minimum Gasteiger partial charge on any atom is -0.380 e. The smallest absolute Gasteiger partial charge is 0.237 e. The van der Waals surface area contributed by atoms with Crippen LogP contribution in [0.3, 0.4) is 0 Å². The van der Waals surface area contributed by atoms with Gasteiger partial charge in [-0.25, -0.2) is 0 Å². The Balaban J connectivity index is 1.78. The Labute approximate surface area is 107 Å². The maximum absolute atomic E-state index is 12.0. The highest BCUT2D eigenvalue weighted by Crippen LogP contribution is 2.21. The van der Waals surface area contributed by atoms with Gasteiger partial charge in [0.2, 0.25) is 5.91 Å².